The zero-order valence-electron chi connectivity index (χ0n) is 14.1. The molecule has 26 heavy (non-hydrogen) atoms. The van der Waals surface area contributed by atoms with Crippen LogP contribution in [-0.4, -0.2) is 23.8 Å². The first-order chi connectivity index (χ1) is 12.3. The number of amides is 3. The number of carbonyl (C=O) groups excluding carboxylic acids is 3. The monoisotopic (exact) mass is 393 g/mol. The van der Waals surface area contributed by atoms with Gasteiger partial charge in [-0.1, -0.05) is 40.9 Å². The largest absolute Gasteiger partial charge is 0.340 e. The van der Waals surface area contributed by atoms with Crippen molar-refractivity contribution in [1.82, 2.24) is 16.2 Å². The molecule has 0 unspecified atom stereocenters. The van der Waals surface area contributed by atoms with Crippen LogP contribution in [0.25, 0.3) is 0 Å². The first-order valence-electron chi connectivity index (χ1n) is 7.70. The number of carbonyl (C=O) groups is 3. The van der Waals surface area contributed by atoms with Gasteiger partial charge in [-0.25, -0.2) is 0 Å². The second-order valence-electron chi connectivity index (χ2n) is 5.63. The van der Waals surface area contributed by atoms with Crippen molar-refractivity contribution in [1.29, 1.82) is 0 Å². The van der Waals surface area contributed by atoms with E-state index in [1.807, 2.05) is 13.0 Å². The zero-order chi connectivity index (χ0) is 19.3. The molecule has 136 valence electrons. The Kier molecular flexibility index (Phi) is 6.60. The topological polar surface area (TPSA) is 87.3 Å². The number of rotatable bonds is 4. The highest BCUT2D eigenvalue weighted by Gasteiger charge is 2.18. The summed E-state index contributed by atoms with van der Waals surface area (Å²) in [4.78, 5) is 36.3. The third-order valence-electron chi connectivity index (χ3n) is 3.49. The lowest BCUT2D eigenvalue weighted by Crippen LogP contribution is -2.51. The summed E-state index contributed by atoms with van der Waals surface area (Å²) in [5, 5.41) is 3.09. The summed E-state index contributed by atoms with van der Waals surface area (Å²) in [5.74, 6) is -1.60. The Morgan fingerprint density at radius 1 is 0.962 bits per heavy atom. The molecule has 0 saturated heterocycles. The highest BCUT2D eigenvalue weighted by molar-refractivity contribution is 6.35. The normalized spacial score (nSPS) is 11.4. The van der Waals surface area contributed by atoms with Gasteiger partial charge in [-0.3, -0.25) is 25.2 Å². The Hall–Kier alpha value is -2.57. The van der Waals surface area contributed by atoms with E-state index in [4.69, 9.17) is 23.2 Å². The minimum Gasteiger partial charge on any atom is -0.340 e. The van der Waals surface area contributed by atoms with Crippen LogP contribution in [0.3, 0.4) is 0 Å². The van der Waals surface area contributed by atoms with Gasteiger partial charge in [-0.05, 0) is 44.2 Å². The molecule has 8 heteroatoms. The Balaban J connectivity index is 1.91. The van der Waals surface area contributed by atoms with E-state index >= 15 is 0 Å². The first-order valence-corrected chi connectivity index (χ1v) is 8.46. The molecule has 0 aliphatic rings. The van der Waals surface area contributed by atoms with Crippen molar-refractivity contribution in [2.45, 2.75) is 19.9 Å². The van der Waals surface area contributed by atoms with E-state index in [2.05, 4.69) is 16.2 Å². The lowest BCUT2D eigenvalue weighted by Gasteiger charge is -2.15. The molecule has 3 amide bonds. The number of aryl methyl sites for hydroxylation is 1. The molecular weight excluding hydrogens is 377 g/mol. The third-order valence-corrected chi connectivity index (χ3v) is 4.06. The van der Waals surface area contributed by atoms with E-state index in [0.29, 0.717) is 10.6 Å². The fourth-order valence-corrected chi connectivity index (χ4v) is 2.47. The van der Waals surface area contributed by atoms with E-state index in [1.165, 1.54) is 19.1 Å². The van der Waals surface area contributed by atoms with E-state index in [1.54, 1.807) is 24.3 Å². The molecule has 2 aromatic carbocycles. The van der Waals surface area contributed by atoms with Crippen molar-refractivity contribution in [2.24, 2.45) is 0 Å². The van der Waals surface area contributed by atoms with Gasteiger partial charge in [0.25, 0.3) is 17.7 Å². The van der Waals surface area contributed by atoms with E-state index < -0.39 is 17.9 Å². The van der Waals surface area contributed by atoms with Crippen LogP contribution in [0.15, 0.2) is 42.5 Å². The fourth-order valence-electron chi connectivity index (χ4n) is 2.10. The van der Waals surface area contributed by atoms with Crippen LogP contribution < -0.4 is 16.2 Å². The summed E-state index contributed by atoms with van der Waals surface area (Å²) in [5.41, 5.74) is 5.97. The van der Waals surface area contributed by atoms with Crippen LogP contribution in [0, 0.1) is 6.92 Å². The number of hydrogen-bond donors (Lipinski definition) is 3. The standard InChI is InChI=1S/C18H17Cl2N3O3/c1-10-4-3-5-12(8-10)17(25)21-11(2)16(24)22-23-18(26)14-9-13(19)6-7-15(14)20/h3-9,11H,1-2H3,(H,21,25)(H,22,24)(H,23,26)/t11-/m0/s1. The van der Waals surface area contributed by atoms with Crippen LogP contribution >= 0.6 is 23.2 Å². The molecule has 2 rings (SSSR count). The summed E-state index contributed by atoms with van der Waals surface area (Å²) in [7, 11) is 0. The van der Waals surface area contributed by atoms with Crippen LogP contribution in [0.4, 0.5) is 0 Å². The molecule has 0 saturated carbocycles. The molecule has 1 atom stereocenters. The predicted octanol–water partition coefficient (Wildman–Crippen LogP) is 2.88. The number of nitrogens with one attached hydrogen (secondary N) is 3. The van der Waals surface area contributed by atoms with Gasteiger partial charge in [0.1, 0.15) is 6.04 Å². The second kappa shape index (κ2) is 8.69. The number of hydrazine groups is 1. The summed E-state index contributed by atoms with van der Waals surface area (Å²) in [6, 6.07) is 10.5. The maximum absolute atomic E-state index is 12.1. The fraction of sp³-hybridized carbons (Fsp3) is 0.167. The third kappa shape index (κ3) is 5.21. The predicted molar refractivity (Wildman–Crippen MR) is 100 cm³/mol. The summed E-state index contributed by atoms with van der Waals surface area (Å²) in [6.07, 6.45) is 0. The van der Waals surface area contributed by atoms with Crippen molar-refractivity contribution in [3.63, 3.8) is 0 Å². The average molecular weight is 394 g/mol. The van der Waals surface area contributed by atoms with E-state index in [-0.39, 0.29) is 16.5 Å². The van der Waals surface area contributed by atoms with Gasteiger partial charge in [0.2, 0.25) is 0 Å². The molecule has 3 N–H and O–H groups in total. The highest BCUT2D eigenvalue weighted by atomic mass is 35.5. The molecule has 0 radical (unpaired) electrons. The molecule has 0 spiro atoms. The molecule has 6 nitrogen and oxygen atoms in total. The van der Waals surface area contributed by atoms with Gasteiger partial charge in [0.15, 0.2) is 0 Å². The highest BCUT2D eigenvalue weighted by Crippen LogP contribution is 2.20. The molecule has 0 aromatic heterocycles. The van der Waals surface area contributed by atoms with Crippen LogP contribution in [0.1, 0.15) is 33.2 Å². The summed E-state index contributed by atoms with van der Waals surface area (Å²) >= 11 is 11.8. The molecule has 0 fully saturated rings. The molecule has 0 aliphatic carbocycles. The molecule has 0 heterocycles. The first kappa shape index (κ1) is 19.8. The van der Waals surface area contributed by atoms with Crippen LogP contribution in [-0.2, 0) is 4.79 Å². The molecule has 0 aliphatic heterocycles. The van der Waals surface area contributed by atoms with Gasteiger partial charge < -0.3 is 5.32 Å². The number of benzene rings is 2. The SMILES string of the molecule is Cc1cccc(C(=O)N[C@@H](C)C(=O)NNC(=O)c2cc(Cl)ccc2Cl)c1. The molecule has 2 aromatic rings. The van der Waals surface area contributed by atoms with E-state index in [9.17, 15) is 14.4 Å². The van der Waals surface area contributed by atoms with Crippen LogP contribution in [0.2, 0.25) is 10.0 Å². The van der Waals surface area contributed by atoms with Crippen molar-refractivity contribution < 1.29 is 14.4 Å². The average Bonchev–Trinajstić information content (AvgIpc) is 2.61. The number of halogens is 2. The Morgan fingerprint density at radius 2 is 1.69 bits per heavy atom. The van der Waals surface area contributed by atoms with Gasteiger partial charge >= 0.3 is 0 Å². The second-order valence-corrected chi connectivity index (χ2v) is 6.48. The minimum absolute atomic E-state index is 0.121. The molecular formula is C18H17Cl2N3O3. The van der Waals surface area contributed by atoms with Gasteiger partial charge in [0.05, 0.1) is 10.6 Å². The van der Waals surface area contributed by atoms with Crippen molar-refractivity contribution in [3.8, 4) is 0 Å². The Morgan fingerprint density at radius 3 is 2.38 bits per heavy atom. The Bertz CT molecular complexity index is 855. The molecule has 0 bridgehead atoms. The number of hydrogen-bond acceptors (Lipinski definition) is 3. The van der Waals surface area contributed by atoms with Gasteiger partial charge in [-0.15, -0.1) is 0 Å². The maximum Gasteiger partial charge on any atom is 0.271 e. The van der Waals surface area contributed by atoms with Crippen LogP contribution in [0.5, 0.6) is 0 Å². The lowest BCUT2D eigenvalue weighted by molar-refractivity contribution is -0.123. The maximum atomic E-state index is 12.1. The van der Waals surface area contributed by atoms with Crippen molar-refractivity contribution >= 4 is 40.9 Å². The van der Waals surface area contributed by atoms with Crippen molar-refractivity contribution in [3.05, 3.63) is 69.2 Å². The van der Waals surface area contributed by atoms with Gasteiger partial charge in [0, 0.05) is 10.6 Å². The summed E-state index contributed by atoms with van der Waals surface area (Å²) in [6.45, 7) is 3.37. The van der Waals surface area contributed by atoms with Gasteiger partial charge in [-0.2, -0.15) is 0 Å². The summed E-state index contributed by atoms with van der Waals surface area (Å²) < 4.78 is 0. The minimum atomic E-state index is -0.863. The quantitative estimate of drug-likeness (QED) is 0.697. The van der Waals surface area contributed by atoms with E-state index in [0.717, 1.165) is 5.56 Å². The zero-order valence-corrected chi connectivity index (χ0v) is 15.6. The Labute approximate surface area is 160 Å². The smallest absolute Gasteiger partial charge is 0.271 e. The lowest BCUT2D eigenvalue weighted by atomic mass is 10.1. The van der Waals surface area contributed by atoms with Crippen molar-refractivity contribution in [2.75, 3.05) is 0 Å².